The van der Waals surface area contributed by atoms with Gasteiger partial charge in [-0.05, 0) is 43.1 Å². The van der Waals surface area contributed by atoms with Crippen molar-refractivity contribution in [3.63, 3.8) is 0 Å². The smallest absolute Gasteiger partial charge is 0.0558 e. The Morgan fingerprint density at radius 3 is 2.58 bits per heavy atom. The molecule has 0 heterocycles. The van der Waals surface area contributed by atoms with Gasteiger partial charge in [0.1, 0.15) is 0 Å². The van der Waals surface area contributed by atoms with Crippen LogP contribution < -0.4 is 5.32 Å². The number of benzene rings is 1. The van der Waals surface area contributed by atoms with Crippen molar-refractivity contribution in [2.45, 2.75) is 32.6 Å². The molecule has 19 heavy (non-hydrogen) atoms. The molecular formula is C16H28N2O. The summed E-state index contributed by atoms with van der Waals surface area (Å²) in [4.78, 5) is 2.15. The first-order valence-corrected chi connectivity index (χ1v) is 7.07. The summed E-state index contributed by atoms with van der Waals surface area (Å²) in [6.45, 7) is 9.65. The van der Waals surface area contributed by atoms with Gasteiger partial charge in [-0.25, -0.2) is 0 Å². The predicted molar refractivity (Wildman–Crippen MR) is 82.8 cm³/mol. The van der Waals surface area contributed by atoms with Crippen molar-refractivity contribution >= 4 is 5.69 Å². The molecule has 0 atom stereocenters. The highest BCUT2D eigenvalue weighted by Gasteiger charge is 2.13. The summed E-state index contributed by atoms with van der Waals surface area (Å²) < 4.78 is 0. The molecule has 0 bridgehead atoms. The van der Waals surface area contributed by atoms with E-state index in [0.29, 0.717) is 0 Å². The van der Waals surface area contributed by atoms with Crippen LogP contribution >= 0.6 is 0 Å². The van der Waals surface area contributed by atoms with Crippen LogP contribution in [0.4, 0.5) is 5.69 Å². The molecule has 0 aliphatic carbocycles. The molecule has 0 unspecified atom stereocenters. The lowest BCUT2D eigenvalue weighted by atomic mass is 9.87. The van der Waals surface area contributed by atoms with Gasteiger partial charge < -0.3 is 15.3 Å². The van der Waals surface area contributed by atoms with E-state index >= 15 is 0 Å². The number of aliphatic hydroxyl groups is 1. The summed E-state index contributed by atoms with van der Waals surface area (Å²) in [6, 6.07) is 8.64. The van der Waals surface area contributed by atoms with Gasteiger partial charge in [0.05, 0.1) is 6.61 Å². The minimum atomic E-state index is 0.193. The van der Waals surface area contributed by atoms with Crippen molar-refractivity contribution in [2.75, 3.05) is 38.6 Å². The molecular weight excluding hydrogens is 236 g/mol. The zero-order chi connectivity index (χ0) is 14.3. The third-order valence-electron chi connectivity index (χ3n) is 3.26. The van der Waals surface area contributed by atoms with Crippen LogP contribution in [0.15, 0.2) is 24.3 Å². The Morgan fingerprint density at radius 2 is 1.95 bits per heavy atom. The molecule has 108 valence electrons. The summed E-state index contributed by atoms with van der Waals surface area (Å²) >= 11 is 0. The minimum Gasteiger partial charge on any atom is -0.395 e. The number of hydrogen-bond donors (Lipinski definition) is 2. The van der Waals surface area contributed by atoms with Crippen molar-refractivity contribution in [1.29, 1.82) is 0 Å². The molecule has 0 spiro atoms. The highest BCUT2D eigenvalue weighted by atomic mass is 16.3. The average molecular weight is 264 g/mol. The van der Waals surface area contributed by atoms with E-state index in [9.17, 15) is 0 Å². The zero-order valence-electron chi connectivity index (χ0n) is 12.7. The van der Waals surface area contributed by atoms with Crippen molar-refractivity contribution in [3.05, 3.63) is 29.8 Å². The lowest BCUT2D eigenvalue weighted by Gasteiger charge is -2.20. The quantitative estimate of drug-likeness (QED) is 0.743. The Kier molecular flexibility index (Phi) is 6.32. The zero-order valence-corrected chi connectivity index (χ0v) is 12.7. The maximum Gasteiger partial charge on any atom is 0.0558 e. The van der Waals surface area contributed by atoms with E-state index in [1.807, 2.05) is 7.05 Å². The summed E-state index contributed by atoms with van der Waals surface area (Å²) in [5.74, 6) is 0. The van der Waals surface area contributed by atoms with Crippen LogP contribution in [0.5, 0.6) is 0 Å². The van der Waals surface area contributed by atoms with Crippen molar-refractivity contribution < 1.29 is 5.11 Å². The molecule has 0 saturated heterocycles. The van der Waals surface area contributed by atoms with Crippen molar-refractivity contribution in [1.82, 2.24) is 4.90 Å². The first kappa shape index (κ1) is 16.0. The van der Waals surface area contributed by atoms with E-state index in [0.717, 1.165) is 26.1 Å². The van der Waals surface area contributed by atoms with E-state index in [1.54, 1.807) is 0 Å². The highest BCUT2D eigenvalue weighted by Crippen LogP contribution is 2.24. The first-order valence-electron chi connectivity index (χ1n) is 7.07. The van der Waals surface area contributed by atoms with Gasteiger partial charge in [-0.15, -0.1) is 0 Å². The average Bonchev–Trinajstić information content (AvgIpc) is 2.34. The number of aliphatic hydroxyl groups excluding tert-OH is 1. The van der Waals surface area contributed by atoms with Gasteiger partial charge in [0.2, 0.25) is 0 Å². The highest BCUT2D eigenvalue weighted by molar-refractivity contribution is 5.47. The van der Waals surface area contributed by atoms with Crippen LogP contribution in [0.1, 0.15) is 32.8 Å². The number of hydrogen-bond acceptors (Lipinski definition) is 3. The largest absolute Gasteiger partial charge is 0.395 e. The Hall–Kier alpha value is -1.06. The lowest BCUT2D eigenvalue weighted by molar-refractivity contribution is 0.221. The normalized spacial score (nSPS) is 11.9. The molecule has 1 aromatic rings. The predicted octanol–water partition coefficient (Wildman–Crippen LogP) is 2.71. The minimum absolute atomic E-state index is 0.193. The molecule has 0 radical (unpaired) electrons. The van der Waals surface area contributed by atoms with Crippen LogP contribution in [0, 0.1) is 0 Å². The summed E-state index contributed by atoms with van der Waals surface area (Å²) in [5.41, 5.74) is 2.74. The first-order chi connectivity index (χ1) is 8.93. The monoisotopic (exact) mass is 264 g/mol. The van der Waals surface area contributed by atoms with Gasteiger partial charge in [-0.2, -0.15) is 0 Å². The van der Waals surface area contributed by atoms with Gasteiger partial charge in [0.15, 0.2) is 0 Å². The Bertz CT molecular complexity index is 371. The van der Waals surface area contributed by atoms with E-state index in [-0.39, 0.29) is 12.0 Å². The molecule has 0 aliphatic rings. The topological polar surface area (TPSA) is 35.5 Å². The fourth-order valence-electron chi connectivity index (χ4n) is 1.96. The Balaban J connectivity index is 2.38. The summed E-state index contributed by atoms with van der Waals surface area (Å²) in [5, 5.41) is 12.3. The number of anilines is 1. The van der Waals surface area contributed by atoms with Crippen LogP contribution in [0.25, 0.3) is 0 Å². The standard InChI is InChI=1S/C16H28N2O/c1-16(2,3)14-7-5-8-15(13-14)17-9-6-10-18(4)11-12-19/h5,7-8,13,17,19H,6,9-12H2,1-4H3. The van der Waals surface area contributed by atoms with Crippen LogP contribution in [0.3, 0.4) is 0 Å². The van der Waals surface area contributed by atoms with Crippen LogP contribution in [-0.4, -0.2) is 43.3 Å². The molecule has 1 rings (SSSR count). The SMILES string of the molecule is CN(CCO)CCCNc1cccc(C(C)(C)C)c1. The van der Waals surface area contributed by atoms with Crippen molar-refractivity contribution in [2.24, 2.45) is 0 Å². The molecule has 0 aliphatic heterocycles. The van der Waals surface area contributed by atoms with E-state index in [1.165, 1.54) is 11.3 Å². The molecule has 0 amide bonds. The van der Waals surface area contributed by atoms with Gasteiger partial charge in [0.25, 0.3) is 0 Å². The number of likely N-dealkylation sites (N-methyl/N-ethyl adjacent to an activating group) is 1. The summed E-state index contributed by atoms with van der Waals surface area (Å²) in [7, 11) is 2.04. The second kappa shape index (κ2) is 7.51. The fraction of sp³-hybridized carbons (Fsp3) is 0.625. The van der Waals surface area contributed by atoms with Crippen molar-refractivity contribution in [3.8, 4) is 0 Å². The lowest BCUT2D eigenvalue weighted by Crippen LogP contribution is -2.24. The van der Waals surface area contributed by atoms with Crippen LogP contribution in [-0.2, 0) is 5.41 Å². The molecule has 1 aromatic carbocycles. The van der Waals surface area contributed by atoms with E-state index in [2.05, 4.69) is 55.3 Å². The van der Waals surface area contributed by atoms with Gasteiger partial charge >= 0.3 is 0 Å². The maximum absolute atomic E-state index is 8.82. The third-order valence-corrected chi connectivity index (χ3v) is 3.26. The fourth-order valence-corrected chi connectivity index (χ4v) is 1.96. The van der Waals surface area contributed by atoms with E-state index < -0.39 is 0 Å². The third kappa shape index (κ3) is 6.08. The van der Waals surface area contributed by atoms with E-state index in [4.69, 9.17) is 5.11 Å². The van der Waals surface area contributed by atoms with Gasteiger partial charge in [-0.1, -0.05) is 32.9 Å². The molecule has 2 N–H and O–H groups in total. The van der Waals surface area contributed by atoms with Gasteiger partial charge in [-0.3, -0.25) is 0 Å². The molecule has 3 heteroatoms. The number of nitrogens with one attached hydrogen (secondary N) is 1. The molecule has 3 nitrogen and oxygen atoms in total. The number of nitrogens with zero attached hydrogens (tertiary/aromatic N) is 1. The molecule has 0 fully saturated rings. The maximum atomic E-state index is 8.82. The number of rotatable bonds is 7. The van der Waals surface area contributed by atoms with Crippen LogP contribution in [0.2, 0.25) is 0 Å². The second-order valence-electron chi connectivity index (χ2n) is 6.14. The Labute approximate surface area is 117 Å². The Morgan fingerprint density at radius 1 is 1.21 bits per heavy atom. The van der Waals surface area contributed by atoms with Gasteiger partial charge in [0, 0.05) is 18.8 Å². The molecule has 0 aromatic heterocycles. The second-order valence-corrected chi connectivity index (χ2v) is 6.14. The molecule has 0 saturated carbocycles. The summed E-state index contributed by atoms with van der Waals surface area (Å²) in [6.07, 6.45) is 1.08.